The molecule has 0 aliphatic heterocycles. The van der Waals surface area contributed by atoms with Gasteiger partial charge in [0.1, 0.15) is 12.1 Å². The lowest BCUT2D eigenvalue weighted by molar-refractivity contribution is -0.214. The maximum absolute atomic E-state index is 12.6. The number of rotatable bonds is 23. The van der Waals surface area contributed by atoms with Crippen LogP contribution in [0, 0.1) is 5.92 Å². The van der Waals surface area contributed by atoms with E-state index in [1.54, 1.807) is 0 Å². The van der Waals surface area contributed by atoms with Crippen molar-refractivity contribution in [2.24, 2.45) is 5.92 Å². The van der Waals surface area contributed by atoms with Gasteiger partial charge in [-0.05, 0) is 72.6 Å². The first-order chi connectivity index (χ1) is 18.2. The maximum Gasteiger partial charge on any atom is 0.220 e. The molecule has 39 heavy (non-hydrogen) atoms. The van der Waals surface area contributed by atoms with Gasteiger partial charge < -0.3 is 40.2 Å². The van der Waals surface area contributed by atoms with Gasteiger partial charge in [0.2, 0.25) is 11.8 Å². The SMILES string of the molecule is CCC(C)CCCOC(C)(C)CC(C)(C)NC(=O)CCCCCOC(OC(CO)[C@@H](C)O)[C@H](CO)NC(C)=O. The molecule has 0 fully saturated rings. The summed E-state index contributed by atoms with van der Waals surface area (Å²) < 4.78 is 17.5. The molecule has 0 aromatic carbocycles. The second kappa shape index (κ2) is 19.7. The number of hydrogen-bond donors (Lipinski definition) is 5. The summed E-state index contributed by atoms with van der Waals surface area (Å²) in [7, 11) is 0. The zero-order valence-electron chi connectivity index (χ0n) is 25.8. The Hall–Kier alpha value is -1.30. The molecular formula is C29H58N2O8. The first-order valence-corrected chi connectivity index (χ1v) is 14.5. The van der Waals surface area contributed by atoms with Crippen LogP contribution in [0.1, 0.15) is 107 Å². The Labute approximate surface area is 236 Å². The molecule has 0 spiro atoms. The zero-order chi connectivity index (χ0) is 30.1. The van der Waals surface area contributed by atoms with Gasteiger partial charge in [0.25, 0.3) is 0 Å². The van der Waals surface area contributed by atoms with Crippen molar-refractivity contribution in [2.45, 2.75) is 142 Å². The zero-order valence-corrected chi connectivity index (χ0v) is 25.8. The second-order valence-electron chi connectivity index (χ2n) is 12.0. The predicted octanol–water partition coefficient (Wildman–Crippen LogP) is 3.05. The Morgan fingerprint density at radius 2 is 1.62 bits per heavy atom. The lowest BCUT2D eigenvalue weighted by Gasteiger charge is -2.36. The number of carbonyl (C=O) groups is 2. The van der Waals surface area contributed by atoms with Crippen LogP contribution in [0.3, 0.4) is 0 Å². The maximum atomic E-state index is 12.6. The average molecular weight is 563 g/mol. The van der Waals surface area contributed by atoms with Crippen LogP contribution in [0.4, 0.5) is 0 Å². The molecule has 0 aliphatic rings. The van der Waals surface area contributed by atoms with Crippen molar-refractivity contribution in [3.63, 3.8) is 0 Å². The Morgan fingerprint density at radius 1 is 0.949 bits per heavy atom. The second-order valence-corrected chi connectivity index (χ2v) is 12.0. The highest BCUT2D eigenvalue weighted by Gasteiger charge is 2.31. The van der Waals surface area contributed by atoms with Crippen LogP contribution in [0.2, 0.25) is 0 Å². The molecule has 0 aliphatic carbocycles. The minimum Gasteiger partial charge on any atom is -0.394 e. The molecule has 232 valence electrons. The molecule has 0 rings (SSSR count). The first-order valence-electron chi connectivity index (χ1n) is 14.5. The molecule has 10 heteroatoms. The molecule has 10 nitrogen and oxygen atoms in total. The number of unbranched alkanes of at least 4 members (excludes halogenated alkanes) is 2. The molecule has 5 atom stereocenters. The number of amides is 2. The standard InChI is InChI=1S/C29H58N2O8/c1-9-21(2)14-13-17-38-29(7,8)20-28(5,6)31-26(36)15-11-10-12-16-37-27(24(18-32)30-23(4)35)39-25(19-33)22(3)34/h21-22,24-25,27,32-34H,9-20H2,1-8H3,(H,30,35)(H,31,36)/t21?,22-,24+,25?,27?/m1/s1. The average Bonchev–Trinajstić information content (AvgIpc) is 2.82. The van der Waals surface area contributed by atoms with Crippen LogP contribution in [0.15, 0.2) is 0 Å². The van der Waals surface area contributed by atoms with Gasteiger partial charge in [0, 0.05) is 32.1 Å². The predicted molar refractivity (Wildman–Crippen MR) is 152 cm³/mol. The number of aliphatic hydroxyl groups excluding tert-OH is 3. The Kier molecular flexibility index (Phi) is 19.1. The van der Waals surface area contributed by atoms with Gasteiger partial charge in [-0.15, -0.1) is 0 Å². The van der Waals surface area contributed by atoms with Gasteiger partial charge in [-0.1, -0.05) is 26.7 Å². The van der Waals surface area contributed by atoms with Crippen LogP contribution in [-0.2, 0) is 23.8 Å². The van der Waals surface area contributed by atoms with Crippen molar-refractivity contribution in [3.05, 3.63) is 0 Å². The molecule has 0 radical (unpaired) electrons. The van der Waals surface area contributed by atoms with Crippen molar-refractivity contribution in [2.75, 3.05) is 26.4 Å². The Morgan fingerprint density at radius 3 is 2.15 bits per heavy atom. The number of carbonyl (C=O) groups excluding carboxylic acids is 2. The summed E-state index contributed by atoms with van der Waals surface area (Å²) in [5.74, 6) is 0.335. The summed E-state index contributed by atoms with van der Waals surface area (Å²) in [4.78, 5) is 24.1. The normalized spacial score (nSPS) is 16.3. The smallest absolute Gasteiger partial charge is 0.220 e. The van der Waals surface area contributed by atoms with E-state index in [2.05, 4.69) is 38.3 Å². The van der Waals surface area contributed by atoms with Crippen molar-refractivity contribution < 1.29 is 39.1 Å². The third kappa shape index (κ3) is 18.6. The number of ether oxygens (including phenoxy) is 3. The molecule has 5 N–H and O–H groups in total. The highest BCUT2D eigenvalue weighted by molar-refractivity contribution is 5.76. The van der Waals surface area contributed by atoms with E-state index in [1.807, 2.05) is 13.8 Å². The number of hydrogen-bond acceptors (Lipinski definition) is 8. The lowest BCUT2D eigenvalue weighted by atomic mass is 9.89. The minimum absolute atomic E-state index is 0.0107. The van der Waals surface area contributed by atoms with Crippen LogP contribution >= 0.6 is 0 Å². The monoisotopic (exact) mass is 562 g/mol. The third-order valence-corrected chi connectivity index (χ3v) is 6.65. The van der Waals surface area contributed by atoms with E-state index in [9.17, 15) is 24.9 Å². The van der Waals surface area contributed by atoms with Crippen LogP contribution in [-0.4, -0.2) is 89.2 Å². The van der Waals surface area contributed by atoms with Crippen molar-refractivity contribution >= 4 is 11.8 Å². The van der Waals surface area contributed by atoms with Crippen LogP contribution < -0.4 is 10.6 Å². The van der Waals surface area contributed by atoms with Crippen molar-refractivity contribution in [1.82, 2.24) is 10.6 Å². The van der Waals surface area contributed by atoms with Crippen molar-refractivity contribution in [1.29, 1.82) is 0 Å². The van der Waals surface area contributed by atoms with E-state index in [0.717, 1.165) is 25.9 Å². The molecule has 0 saturated carbocycles. The number of nitrogens with one attached hydrogen (secondary N) is 2. The first kappa shape index (κ1) is 37.7. The third-order valence-electron chi connectivity index (χ3n) is 6.65. The summed E-state index contributed by atoms with van der Waals surface area (Å²) in [6, 6.07) is -0.851. The highest BCUT2D eigenvalue weighted by Crippen LogP contribution is 2.24. The molecular weight excluding hydrogens is 504 g/mol. The van der Waals surface area contributed by atoms with E-state index in [4.69, 9.17) is 14.2 Å². The van der Waals surface area contributed by atoms with Crippen LogP contribution in [0.5, 0.6) is 0 Å². The van der Waals surface area contributed by atoms with Crippen LogP contribution in [0.25, 0.3) is 0 Å². The molecule has 0 aromatic rings. The van der Waals surface area contributed by atoms with Gasteiger partial charge in [-0.3, -0.25) is 9.59 Å². The van der Waals surface area contributed by atoms with Gasteiger partial charge in [0.05, 0.1) is 24.9 Å². The molecule has 0 bridgehead atoms. The van der Waals surface area contributed by atoms with E-state index in [1.165, 1.54) is 20.3 Å². The summed E-state index contributed by atoms with van der Waals surface area (Å²) in [5, 5.41) is 34.6. The fraction of sp³-hybridized carbons (Fsp3) is 0.931. The van der Waals surface area contributed by atoms with Gasteiger partial charge >= 0.3 is 0 Å². The van der Waals surface area contributed by atoms with Gasteiger partial charge in [-0.2, -0.15) is 0 Å². The van der Waals surface area contributed by atoms with E-state index in [-0.39, 0.29) is 24.0 Å². The van der Waals surface area contributed by atoms with E-state index in [0.29, 0.717) is 31.6 Å². The van der Waals surface area contributed by atoms with Crippen molar-refractivity contribution in [3.8, 4) is 0 Å². The molecule has 0 aromatic heterocycles. The van der Waals surface area contributed by atoms with E-state index < -0.39 is 43.3 Å². The lowest BCUT2D eigenvalue weighted by Crippen LogP contribution is -2.50. The summed E-state index contributed by atoms with van der Waals surface area (Å²) in [5.41, 5.74) is -0.740. The molecule has 0 heterocycles. The summed E-state index contributed by atoms with van der Waals surface area (Å²) in [6.07, 6.45) is 3.57. The largest absolute Gasteiger partial charge is 0.394 e. The molecule has 3 unspecified atom stereocenters. The molecule has 2 amide bonds. The quantitative estimate of drug-likeness (QED) is 0.0943. The topological polar surface area (TPSA) is 147 Å². The summed E-state index contributed by atoms with van der Waals surface area (Å²) in [6.45, 7) is 15.5. The fourth-order valence-corrected chi connectivity index (χ4v) is 4.54. The fourth-order valence-electron chi connectivity index (χ4n) is 4.54. The van der Waals surface area contributed by atoms with Gasteiger partial charge in [0.15, 0.2) is 6.29 Å². The Balaban J connectivity index is 4.52. The molecule has 0 saturated heterocycles. The van der Waals surface area contributed by atoms with Gasteiger partial charge in [-0.25, -0.2) is 0 Å². The number of aliphatic hydroxyl groups is 3. The van der Waals surface area contributed by atoms with E-state index >= 15 is 0 Å². The highest BCUT2D eigenvalue weighted by atomic mass is 16.7. The summed E-state index contributed by atoms with van der Waals surface area (Å²) >= 11 is 0. The Bertz CT molecular complexity index is 672. The minimum atomic E-state index is -1.05.